The number of benzene rings is 1. The summed E-state index contributed by atoms with van der Waals surface area (Å²) < 4.78 is 6.75. The number of hydrogen-bond donors (Lipinski definition) is 1. The molecule has 1 fully saturated rings. The van der Waals surface area contributed by atoms with Crippen molar-refractivity contribution in [1.82, 2.24) is 4.98 Å². The molecule has 0 spiro atoms. The quantitative estimate of drug-likeness (QED) is 0.886. The van der Waals surface area contributed by atoms with E-state index in [1.165, 1.54) is 9.71 Å². The number of fused-ring (bicyclic) bond motifs is 1. The number of aromatic nitrogens is 1. The Morgan fingerprint density at radius 3 is 3.12 bits per heavy atom. The van der Waals surface area contributed by atoms with Crippen molar-refractivity contribution in [2.24, 2.45) is 11.7 Å². The summed E-state index contributed by atoms with van der Waals surface area (Å²) in [6, 6.07) is 8.53. The van der Waals surface area contributed by atoms with Gasteiger partial charge in [-0.1, -0.05) is 12.1 Å². The summed E-state index contributed by atoms with van der Waals surface area (Å²) >= 11 is 1.77. The van der Waals surface area contributed by atoms with Crippen molar-refractivity contribution in [2.45, 2.75) is 18.9 Å². The standard InChI is InChI=1S/C13H16N2OS/c14-10-5-6-16-8-9(10)7-13-15-11-3-1-2-4-12(11)17-13/h1-4,9-10H,5-8,14H2. The van der Waals surface area contributed by atoms with Crippen molar-refractivity contribution in [3.05, 3.63) is 29.3 Å². The maximum absolute atomic E-state index is 6.12. The topological polar surface area (TPSA) is 48.1 Å². The third kappa shape index (κ3) is 2.34. The molecule has 2 aromatic rings. The molecule has 0 radical (unpaired) electrons. The maximum atomic E-state index is 6.12. The van der Waals surface area contributed by atoms with Crippen LogP contribution in [0, 0.1) is 5.92 Å². The van der Waals surface area contributed by atoms with Crippen molar-refractivity contribution >= 4 is 21.6 Å². The van der Waals surface area contributed by atoms with Gasteiger partial charge in [-0.05, 0) is 18.6 Å². The van der Waals surface area contributed by atoms with Gasteiger partial charge in [-0.25, -0.2) is 4.98 Å². The first-order valence-corrected chi connectivity index (χ1v) is 6.82. The number of rotatable bonds is 2. The smallest absolute Gasteiger partial charge is 0.0942 e. The lowest BCUT2D eigenvalue weighted by Gasteiger charge is -2.27. The lowest BCUT2D eigenvalue weighted by atomic mass is 9.94. The maximum Gasteiger partial charge on any atom is 0.0942 e. The van der Waals surface area contributed by atoms with Crippen LogP contribution in [-0.4, -0.2) is 24.2 Å². The molecule has 1 aromatic carbocycles. The van der Waals surface area contributed by atoms with Crippen molar-refractivity contribution in [2.75, 3.05) is 13.2 Å². The van der Waals surface area contributed by atoms with Gasteiger partial charge in [0.05, 0.1) is 21.8 Å². The minimum atomic E-state index is 0.260. The number of nitrogens with zero attached hydrogens (tertiary/aromatic N) is 1. The monoisotopic (exact) mass is 248 g/mol. The second-order valence-corrected chi connectivity index (χ2v) is 5.68. The molecule has 2 unspecified atom stereocenters. The minimum absolute atomic E-state index is 0.260. The van der Waals surface area contributed by atoms with E-state index >= 15 is 0 Å². The van der Waals surface area contributed by atoms with Crippen LogP contribution >= 0.6 is 11.3 Å². The number of nitrogens with two attached hydrogens (primary N) is 1. The fourth-order valence-corrected chi connectivity index (χ4v) is 3.32. The van der Waals surface area contributed by atoms with E-state index in [2.05, 4.69) is 23.2 Å². The third-order valence-corrected chi connectivity index (χ3v) is 4.37. The third-order valence-electron chi connectivity index (χ3n) is 3.31. The minimum Gasteiger partial charge on any atom is -0.381 e. The molecule has 3 rings (SSSR count). The van der Waals surface area contributed by atoms with Crippen LogP contribution in [0.2, 0.25) is 0 Å². The molecule has 0 amide bonds. The van der Waals surface area contributed by atoms with Crippen LogP contribution < -0.4 is 5.73 Å². The first-order valence-electron chi connectivity index (χ1n) is 6.01. The molecule has 4 heteroatoms. The van der Waals surface area contributed by atoms with Gasteiger partial charge in [0.1, 0.15) is 0 Å². The molecule has 0 saturated carbocycles. The summed E-state index contributed by atoms with van der Waals surface area (Å²) in [6.07, 6.45) is 1.91. The largest absolute Gasteiger partial charge is 0.381 e. The molecule has 2 N–H and O–H groups in total. The molecule has 1 aliphatic heterocycles. The highest BCUT2D eigenvalue weighted by atomic mass is 32.1. The summed E-state index contributed by atoms with van der Waals surface area (Å²) in [5, 5.41) is 1.18. The zero-order valence-electron chi connectivity index (χ0n) is 9.63. The number of hydrogen-bond acceptors (Lipinski definition) is 4. The normalized spacial score (nSPS) is 25.2. The molecular formula is C13H16N2OS. The Labute approximate surface area is 105 Å². The first kappa shape index (κ1) is 11.1. The molecule has 2 heterocycles. The summed E-state index contributed by atoms with van der Waals surface area (Å²) in [4.78, 5) is 4.65. The SMILES string of the molecule is NC1CCOCC1Cc1nc2ccccc2s1. The number of thiazole rings is 1. The predicted octanol–water partition coefficient (Wildman–Crippen LogP) is 2.20. The molecule has 0 bridgehead atoms. The average molecular weight is 248 g/mol. The molecule has 0 aliphatic carbocycles. The molecule has 1 aromatic heterocycles. The second kappa shape index (κ2) is 4.72. The summed E-state index contributed by atoms with van der Waals surface area (Å²) in [5.41, 5.74) is 7.21. The van der Waals surface area contributed by atoms with E-state index in [4.69, 9.17) is 10.5 Å². The highest BCUT2D eigenvalue weighted by molar-refractivity contribution is 7.18. The van der Waals surface area contributed by atoms with Gasteiger partial charge in [-0.2, -0.15) is 0 Å². The van der Waals surface area contributed by atoms with Gasteiger partial charge in [0.2, 0.25) is 0 Å². The average Bonchev–Trinajstić information content (AvgIpc) is 2.74. The van der Waals surface area contributed by atoms with Crippen molar-refractivity contribution in [3.63, 3.8) is 0 Å². The fourth-order valence-electron chi connectivity index (χ4n) is 2.26. The van der Waals surface area contributed by atoms with E-state index in [1.807, 2.05) is 6.07 Å². The van der Waals surface area contributed by atoms with Crippen LogP contribution in [0.25, 0.3) is 10.2 Å². The van der Waals surface area contributed by atoms with Gasteiger partial charge in [-0.15, -0.1) is 11.3 Å². The fraction of sp³-hybridized carbons (Fsp3) is 0.462. The molecule has 3 nitrogen and oxygen atoms in total. The van der Waals surface area contributed by atoms with E-state index in [1.54, 1.807) is 11.3 Å². The predicted molar refractivity (Wildman–Crippen MR) is 70.2 cm³/mol. The summed E-state index contributed by atoms with van der Waals surface area (Å²) in [5.74, 6) is 0.421. The van der Waals surface area contributed by atoms with Crippen LogP contribution in [0.3, 0.4) is 0 Å². The zero-order chi connectivity index (χ0) is 11.7. The first-order chi connectivity index (χ1) is 8.33. The van der Waals surface area contributed by atoms with Gasteiger partial charge in [-0.3, -0.25) is 0 Å². The van der Waals surface area contributed by atoms with E-state index < -0.39 is 0 Å². The molecule has 1 aliphatic rings. The van der Waals surface area contributed by atoms with Gasteiger partial charge < -0.3 is 10.5 Å². The number of para-hydroxylation sites is 1. The highest BCUT2D eigenvalue weighted by Gasteiger charge is 2.23. The van der Waals surface area contributed by atoms with Gasteiger partial charge in [0, 0.05) is 25.0 Å². The second-order valence-electron chi connectivity index (χ2n) is 4.57. The van der Waals surface area contributed by atoms with Gasteiger partial charge in [0.15, 0.2) is 0 Å². The Bertz CT molecular complexity index is 478. The molecule has 2 atom stereocenters. The van der Waals surface area contributed by atoms with Crippen LogP contribution in [0.1, 0.15) is 11.4 Å². The van der Waals surface area contributed by atoms with Crippen molar-refractivity contribution in [1.29, 1.82) is 0 Å². The van der Waals surface area contributed by atoms with Gasteiger partial charge >= 0.3 is 0 Å². The molecule has 90 valence electrons. The summed E-state index contributed by atoms with van der Waals surface area (Å²) in [7, 11) is 0. The summed E-state index contributed by atoms with van der Waals surface area (Å²) in [6.45, 7) is 1.58. The number of ether oxygens (including phenoxy) is 1. The van der Waals surface area contributed by atoms with Crippen LogP contribution in [-0.2, 0) is 11.2 Å². The Hall–Kier alpha value is -0.970. The van der Waals surface area contributed by atoms with Crippen LogP contribution in [0.15, 0.2) is 24.3 Å². The van der Waals surface area contributed by atoms with Crippen LogP contribution in [0.5, 0.6) is 0 Å². The van der Waals surface area contributed by atoms with E-state index in [-0.39, 0.29) is 6.04 Å². The Kier molecular flexibility index (Phi) is 3.09. The van der Waals surface area contributed by atoms with Gasteiger partial charge in [0.25, 0.3) is 0 Å². The lowest BCUT2D eigenvalue weighted by molar-refractivity contribution is 0.0422. The highest BCUT2D eigenvalue weighted by Crippen LogP contribution is 2.25. The molecule has 1 saturated heterocycles. The van der Waals surface area contributed by atoms with Crippen molar-refractivity contribution in [3.8, 4) is 0 Å². The van der Waals surface area contributed by atoms with Crippen molar-refractivity contribution < 1.29 is 4.74 Å². The van der Waals surface area contributed by atoms with Crippen LogP contribution in [0.4, 0.5) is 0 Å². The van der Waals surface area contributed by atoms with E-state index in [0.29, 0.717) is 5.92 Å². The lowest BCUT2D eigenvalue weighted by Crippen LogP contribution is -2.39. The molecular weight excluding hydrogens is 232 g/mol. The van der Waals surface area contributed by atoms with E-state index in [0.717, 1.165) is 31.6 Å². The Morgan fingerprint density at radius 1 is 1.41 bits per heavy atom. The molecule has 17 heavy (non-hydrogen) atoms. The zero-order valence-corrected chi connectivity index (χ0v) is 10.5. The Morgan fingerprint density at radius 2 is 2.29 bits per heavy atom. The Balaban J connectivity index is 1.79. The van der Waals surface area contributed by atoms with E-state index in [9.17, 15) is 0 Å².